The van der Waals surface area contributed by atoms with Crippen molar-refractivity contribution in [2.24, 2.45) is 0 Å². The number of hydrogen-bond donors (Lipinski definition) is 1. The van der Waals surface area contributed by atoms with Gasteiger partial charge >= 0.3 is 0 Å². The number of likely N-dealkylation sites (N-methyl/N-ethyl adjacent to an activating group) is 1. The number of rotatable bonds is 6. The van der Waals surface area contributed by atoms with Crippen LogP contribution in [0.25, 0.3) is 6.08 Å². The highest BCUT2D eigenvalue weighted by atomic mass is 79.9. The lowest BCUT2D eigenvalue weighted by Crippen LogP contribution is -2.30. The van der Waals surface area contributed by atoms with Crippen molar-refractivity contribution in [1.82, 2.24) is 10.2 Å². The van der Waals surface area contributed by atoms with Crippen LogP contribution in [-0.2, 0) is 11.4 Å². The third-order valence-corrected chi connectivity index (χ3v) is 4.94. The number of carbonyl (C=O) groups excluding carboxylic acids is 1. The van der Waals surface area contributed by atoms with Crippen LogP contribution in [0.15, 0.2) is 52.6 Å². The Balaban J connectivity index is 1.76. The van der Waals surface area contributed by atoms with Gasteiger partial charge in [-0.1, -0.05) is 34.1 Å². The van der Waals surface area contributed by atoms with Crippen LogP contribution in [0.3, 0.4) is 0 Å². The summed E-state index contributed by atoms with van der Waals surface area (Å²) >= 11 is 8.59. The molecule has 1 aliphatic heterocycles. The Kier molecular flexibility index (Phi) is 6.13. The number of thiocarbonyl (C=S) groups is 1. The van der Waals surface area contributed by atoms with Crippen LogP contribution in [0.2, 0.25) is 0 Å². The normalized spacial score (nSPS) is 15.2. The van der Waals surface area contributed by atoms with Gasteiger partial charge in [0, 0.05) is 11.0 Å². The molecular formula is C20H19BrN2O3S. The minimum absolute atomic E-state index is 0.128. The van der Waals surface area contributed by atoms with Crippen molar-refractivity contribution < 1.29 is 14.3 Å². The molecule has 2 aromatic carbocycles. The van der Waals surface area contributed by atoms with Crippen molar-refractivity contribution in [2.45, 2.75) is 13.5 Å². The Labute approximate surface area is 172 Å². The summed E-state index contributed by atoms with van der Waals surface area (Å²) in [5, 5.41) is 3.38. The monoisotopic (exact) mass is 446 g/mol. The van der Waals surface area contributed by atoms with Gasteiger partial charge in [0.15, 0.2) is 16.6 Å². The molecule has 0 radical (unpaired) electrons. The van der Waals surface area contributed by atoms with Gasteiger partial charge in [-0.25, -0.2) is 0 Å². The van der Waals surface area contributed by atoms with E-state index in [1.807, 2.05) is 49.4 Å². The third kappa shape index (κ3) is 4.48. The summed E-state index contributed by atoms with van der Waals surface area (Å²) in [6.07, 6.45) is 1.76. The second-order valence-corrected chi connectivity index (χ2v) is 7.17. The van der Waals surface area contributed by atoms with Gasteiger partial charge in [-0.3, -0.25) is 9.69 Å². The lowest BCUT2D eigenvalue weighted by Gasteiger charge is -2.12. The number of methoxy groups -OCH3 is 1. The number of carbonyl (C=O) groups is 1. The van der Waals surface area contributed by atoms with E-state index in [9.17, 15) is 4.79 Å². The number of benzene rings is 2. The van der Waals surface area contributed by atoms with E-state index < -0.39 is 0 Å². The number of ether oxygens (including phenoxy) is 2. The molecule has 140 valence electrons. The number of nitrogens with one attached hydrogen (secondary N) is 1. The number of nitrogens with zero attached hydrogens (tertiary/aromatic N) is 1. The van der Waals surface area contributed by atoms with E-state index >= 15 is 0 Å². The quantitative estimate of drug-likeness (QED) is 0.534. The maximum atomic E-state index is 12.3. The molecule has 0 atom stereocenters. The molecule has 5 nitrogen and oxygen atoms in total. The standard InChI is InChI=1S/C20H19BrN2O3S/c1-3-23-19(24)16(22-20(23)27)10-14-6-9-17(18(11-14)25-2)26-12-13-4-7-15(21)8-5-13/h4-11H,3,12H2,1-2H3,(H,22,27)/b16-10+. The van der Waals surface area contributed by atoms with Crippen LogP contribution in [0.5, 0.6) is 11.5 Å². The van der Waals surface area contributed by atoms with E-state index in [1.165, 1.54) is 4.90 Å². The predicted molar refractivity (Wildman–Crippen MR) is 113 cm³/mol. The summed E-state index contributed by atoms with van der Waals surface area (Å²) < 4.78 is 12.3. The van der Waals surface area contributed by atoms with Crippen molar-refractivity contribution in [3.8, 4) is 11.5 Å². The molecule has 3 rings (SSSR count). The Bertz CT molecular complexity index is 897. The first-order valence-electron chi connectivity index (χ1n) is 8.41. The number of amides is 1. The van der Waals surface area contributed by atoms with E-state index in [-0.39, 0.29) is 5.91 Å². The summed E-state index contributed by atoms with van der Waals surface area (Å²) in [4.78, 5) is 13.8. The highest BCUT2D eigenvalue weighted by Crippen LogP contribution is 2.30. The SMILES string of the molecule is CCN1C(=O)/C(=C\c2ccc(OCc3ccc(Br)cc3)c(OC)c2)NC1=S. The van der Waals surface area contributed by atoms with Gasteiger partial charge in [-0.15, -0.1) is 0 Å². The molecule has 27 heavy (non-hydrogen) atoms. The molecule has 0 spiro atoms. The Morgan fingerprint density at radius 2 is 1.93 bits per heavy atom. The van der Waals surface area contributed by atoms with E-state index in [0.29, 0.717) is 35.5 Å². The molecule has 1 aliphatic rings. The van der Waals surface area contributed by atoms with Crippen LogP contribution < -0.4 is 14.8 Å². The molecule has 1 heterocycles. The topological polar surface area (TPSA) is 50.8 Å². The van der Waals surface area contributed by atoms with Crippen molar-refractivity contribution in [1.29, 1.82) is 0 Å². The van der Waals surface area contributed by atoms with Crippen molar-refractivity contribution >= 4 is 45.2 Å². The first-order chi connectivity index (χ1) is 13.0. The largest absolute Gasteiger partial charge is 0.493 e. The second-order valence-electron chi connectivity index (χ2n) is 5.86. The Morgan fingerprint density at radius 1 is 1.19 bits per heavy atom. The maximum absolute atomic E-state index is 12.3. The number of hydrogen-bond acceptors (Lipinski definition) is 4. The fourth-order valence-electron chi connectivity index (χ4n) is 2.66. The minimum Gasteiger partial charge on any atom is -0.493 e. The molecular weight excluding hydrogens is 428 g/mol. The van der Waals surface area contributed by atoms with Gasteiger partial charge in [0.05, 0.1) is 7.11 Å². The minimum atomic E-state index is -0.128. The second kappa shape index (κ2) is 8.54. The van der Waals surface area contributed by atoms with Gasteiger partial charge in [-0.05, 0) is 60.6 Å². The lowest BCUT2D eigenvalue weighted by atomic mass is 10.1. The van der Waals surface area contributed by atoms with Crippen molar-refractivity contribution in [3.05, 3.63) is 63.8 Å². The highest BCUT2D eigenvalue weighted by Gasteiger charge is 2.29. The van der Waals surface area contributed by atoms with E-state index in [2.05, 4.69) is 21.2 Å². The summed E-state index contributed by atoms with van der Waals surface area (Å²) in [6, 6.07) is 13.5. The summed E-state index contributed by atoms with van der Waals surface area (Å²) in [5.41, 5.74) is 2.33. The molecule has 0 aromatic heterocycles. The van der Waals surface area contributed by atoms with Gasteiger partial charge in [0.2, 0.25) is 0 Å². The van der Waals surface area contributed by atoms with Crippen LogP contribution in [0.1, 0.15) is 18.1 Å². The van der Waals surface area contributed by atoms with Crippen molar-refractivity contribution in [3.63, 3.8) is 0 Å². The van der Waals surface area contributed by atoms with Gasteiger partial charge < -0.3 is 14.8 Å². The molecule has 1 N–H and O–H groups in total. The fraction of sp³-hybridized carbons (Fsp3) is 0.200. The first kappa shape index (κ1) is 19.4. The zero-order valence-corrected chi connectivity index (χ0v) is 17.4. The summed E-state index contributed by atoms with van der Waals surface area (Å²) in [6.45, 7) is 2.85. The Hall–Kier alpha value is -2.38. The molecule has 0 saturated carbocycles. The fourth-order valence-corrected chi connectivity index (χ4v) is 3.25. The Morgan fingerprint density at radius 3 is 2.56 bits per heavy atom. The summed E-state index contributed by atoms with van der Waals surface area (Å²) in [7, 11) is 1.59. The third-order valence-electron chi connectivity index (χ3n) is 4.08. The van der Waals surface area contributed by atoms with Crippen LogP contribution in [-0.4, -0.2) is 29.6 Å². The smallest absolute Gasteiger partial charge is 0.276 e. The van der Waals surface area contributed by atoms with Gasteiger partial charge in [0.25, 0.3) is 5.91 Å². The number of halogens is 1. The zero-order chi connectivity index (χ0) is 19.4. The van der Waals surface area contributed by atoms with Crippen LogP contribution in [0.4, 0.5) is 0 Å². The molecule has 2 aromatic rings. The molecule has 0 bridgehead atoms. The maximum Gasteiger partial charge on any atom is 0.276 e. The van der Waals surface area contributed by atoms with Gasteiger partial charge in [0.1, 0.15) is 12.3 Å². The lowest BCUT2D eigenvalue weighted by molar-refractivity contribution is -0.122. The predicted octanol–water partition coefficient (Wildman–Crippen LogP) is 4.11. The molecule has 1 fully saturated rings. The molecule has 1 saturated heterocycles. The molecule has 7 heteroatoms. The zero-order valence-electron chi connectivity index (χ0n) is 15.0. The highest BCUT2D eigenvalue weighted by molar-refractivity contribution is 9.10. The molecule has 1 amide bonds. The van der Waals surface area contributed by atoms with E-state index in [1.54, 1.807) is 13.2 Å². The van der Waals surface area contributed by atoms with Gasteiger partial charge in [-0.2, -0.15) is 0 Å². The van der Waals surface area contributed by atoms with E-state index in [0.717, 1.165) is 15.6 Å². The average molecular weight is 447 g/mol. The first-order valence-corrected chi connectivity index (χ1v) is 9.61. The van der Waals surface area contributed by atoms with E-state index in [4.69, 9.17) is 21.7 Å². The van der Waals surface area contributed by atoms with Crippen molar-refractivity contribution in [2.75, 3.05) is 13.7 Å². The molecule has 0 aliphatic carbocycles. The van der Waals surface area contributed by atoms with Crippen LogP contribution >= 0.6 is 28.1 Å². The molecule has 0 unspecified atom stereocenters. The van der Waals surface area contributed by atoms with Crippen LogP contribution in [0, 0.1) is 0 Å². The average Bonchev–Trinajstić information content (AvgIpc) is 2.94. The summed E-state index contributed by atoms with van der Waals surface area (Å²) in [5.74, 6) is 1.11.